The predicted molar refractivity (Wildman–Crippen MR) is 102 cm³/mol. The van der Waals surface area contributed by atoms with Gasteiger partial charge in [0.05, 0.1) is 13.2 Å². The third-order valence-electron chi connectivity index (χ3n) is 10.2. The Bertz CT molecular complexity index is 640. The Hall–Kier alpha value is -0.450. The average molecular weight is 377 g/mol. The standard InChI is InChI=1S/C23H36O4/c1-15(24)22(25)11-10-20(2)16(14-22)4-5-17-18(20)6-8-21(3)19(17)7-9-23(21)26-12-13-27-23/h16-19,25H,4-14H2,1-3H3/t16-,17-,18-,19+,20-,21-,22+/m0/s1. The molecule has 0 aromatic heterocycles. The highest BCUT2D eigenvalue weighted by Gasteiger charge is 2.67. The van der Waals surface area contributed by atoms with Gasteiger partial charge in [0.15, 0.2) is 11.6 Å². The smallest absolute Gasteiger partial charge is 0.174 e. The maximum Gasteiger partial charge on any atom is 0.174 e. The van der Waals surface area contributed by atoms with Crippen molar-refractivity contribution in [1.29, 1.82) is 0 Å². The van der Waals surface area contributed by atoms with E-state index >= 15 is 0 Å². The summed E-state index contributed by atoms with van der Waals surface area (Å²) in [7, 11) is 0. The third kappa shape index (κ3) is 2.30. The second-order valence-electron chi connectivity index (χ2n) is 10.9. The van der Waals surface area contributed by atoms with Gasteiger partial charge in [-0.25, -0.2) is 0 Å². The van der Waals surface area contributed by atoms with Crippen molar-refractivity contribution in [3.8, 4) is 0 Å². The molecule has 1 aliphatic heterocycles. The second kappa shape index (κ2) is 5.79. The molecule has 5 aliphatic rings. The van der Waals surface area contributed by atoms with E-state index in [1.54, 1.807) is 6.92 Å². The number of carbonyl (C=O) groups is 1. The van der Waals surface area contributed by atoms with Crippen molar-refractivity contribution in [1.82, 2.24) is 0 Å². The Morgan fingerprint density at radius 1 is 0.926 bits per heavy atom. The van der Waals surface area contributed by atoms with Crippen LogP contribution in [0.25, 0.3) is 0 Å². The van der Waals surface area contributed by atoms with Crippen molar-refractivity contribution < 1.29 is 19.4 Å². The third-order valence-corrected chi connectivity index (χ3v) is 10.2. The molecule has 4 nitrogen and oxygen atoms in total. The molecule has 0 unspecified atom stereocenters. The zero-order chi connectivity index (χ0) is 19.1. The van der Waals surface area contributed by atoms with Crippen LogP contribution in [0.3, 0.4) is 0 Å². The first-order valence-electron chi connectivity index (χ1n) is 11.3. The molecule has 5 rings (SSSR count). The van der Waals surface area contributed by atoms with Crippen LogP contribution in [0.2, 0.25) is 0 Å². The Labute approximate surface area is 163 Å². The van der Waals surface area contributed by atoms with Gasteiger partial charge < -0.3 is 14.6 Å². The Morgan fingerprint density at radius 3 is 2.33 bits per heavy atom. The van der Waals surface area contributed by atoms with Crippen LogP contribution in [0, 0.1) is 34.5 Å². The molecule has 5 fully saturated rings. The first-order valence-corrected chi connectivity index (χ1v) is 11.3. The van der Waals surface area contributed by atoms with Gasteiger partial charge in [0, 0.05) is 11.8 Å². The van der Waals surface area contributed by atoms with Crippen molar-refractivity contribution >= 4 is 5.78 Å². The molecule has 152 valence electrons. The van der Waals surface area contributed by atoms with Gasteiger partial charge in [0.2, 0.25) is 0 Å². The molecule has 7 atom stereocenters. The number of hydrogen-bond acceptors (Lipinski definition) is 4. The molecule has 4 aliphatic carbocycles. The number of ether oxygens (including phenoxy) is 2. The second-order valence-corrected chi connectivity index (χ2v) is 10.9. The molecule has 0 aromatic carbocycles. The molecule has 1 N–H and O–H groups in total. The first kappa shape index (κ1) is 18.6. The van der Waals surface area contributed by atoms with E-state index in [-0.39, 0.29) is 22.4 Å². The zero-order valence-corrected chi connectivity index (χ0v) is 17.3. The molecule has 0 bridgehead atoms. The van der Waals surface area contributed by atoms with Gasteiger partial charge in [-0.1, -0.05) is 13.8 Å². The Kier molecular flexibility index (Phi) is 3.99. The molecule has 1 saturated heterocycles. The number of Topliss-reactive ketones (excluding diaryl/α,β-unsaturated/α-hetero) is 1. The number of rotatable bonds is 1. The predicted octanol–water partition coefficient (Wildman–Crippen LogP) is 4.09. The van der Waals surface area contributed by atoms with Crippen molar-refractivity contribution in [3.63, 3.8) is 0 Å². The van der Waals surface area contributed by atoms with E-state index in [4.69, 9.17) is 9.47 Å². The van der Waals surface area contributed by atoms with Crippen LogP contribution < -0.4 is 0 Å². The van der Waals surface area contributed by atoms with Gasteiger partial charge >= 0.3 is 0 Å². The van der Waals surface area contributed by atoms with Crippen LogP contribution in [-0.4, -0.2) is 35.5 Å². The van der Waals surface area contributed by atoms with E-state index in [1.165, 1.54) is 25.7 Å². The Morgan fingerprint density at radius 2 is 1.63 bits per heavy atom. The molecule has 1 heterocycles. The van der Waals surface area contributed by atoms with Crippen molar-refractivity contribution in [2.24, 2.45) is 34.5 Å². The summed E-state index contributed by atoms with van der Waals surface area (Å²) < 4.78 is 12.5. The van der Waals surface area contributed by atoms with E-state index < -0.39 is 5.60 Å². The van der Waals surface area contributed by atoms with Gasteiger partial charge in [-0.05, 0) is 87.4 Å². The van der Waals surface area contributed by atoms with Crippen LogP contribution in [0.4, 0.5) is 0 Å². The minimum atomic E-state index is -1.07. The maximum absolute atomic E-state index is 12.0. The highest BCUT2D eigenvalue weighted by Crippen LogP contribution is 2.69. The summed E-state index contributed by atoms with van der Waals surface area (Å²) in [5, 5.41) is 10.8. The van der Waals surface area contributed by atoms with Gasteiger partial charge in [0.25, 0.3) is 0 Å². The summed E-state index contributed by atoms with van der Waals surface area (Å²) in [5.74, 6) is 2.31. The first-order chi connectivity index (χ1) is 12.7. The number of carbonyl (C=O) groups excluding carboxylic acids is 1. The van der Waals surface area contributed by atoms with Gasteiger partial charge in [-0.2, -0.15) is 0 Å². The lowest BCUT2D eigenvalue weighted by molar-refractivity contribution is -0.248. The molecular formula is C23H36O4. The lowest BCUT2D eigenvalue weighted by Crippen LogP contribution is -2.59. The number of aliphatic hydroxyl groups is 1. The fraction of sp³-hybridized carbons (Fsp3) is 0.957. The van der Waals surface area contributed by atoms with Crippen LogP contribution in [-0.2, 0) is 14.3 Å². The summed E-state index contributed by atoms with van der Waals surface area (Å²) in [6.45, 7) is 7.99. The van der Waals surface area contributed by atoms with Crippen molar-refractivity contribution in [3.05, 3.63) is 0 Å². The summed E-state index contributed by atoms with van der Waals surface area (Å²) in [6.07, 6.45) is 9.46. The summed E-state index contributed by atoms with van der Waals surface area (Å²) >= 11 is 0. The maximum atomic E-state index is 12.0. The van der Waals surface area contributed by atoms with Gasteiger partial charge in [-0.15, -0.1) is 0 Å². The van der Waals surface area contributed by atoms with E-state index in [2.05, 4.69) is 13.8 Å². The number of ketones is 1. The fourth-order valence-electron chi connectivity index (χ4n) is 8.45. The SMILES string of the molecule is CC(=O)[C@@]1(O)CC[C@@]2(C)[C@@H](CC[C@@H]3[C@H]4CCC5(OCCO5)[C@@]4(C)CC[C@@H]32)C1. The monoisotopic (exact) mass is 376 g/mol. The highest BCUT2D eigenvalue weighted by atomic mass is 16.7. The molecule has 0 radical (unpaired) electrons. The van der Waals surface area contributed by atoms with E-state index in [1.807, 2.05) is 0 Å². The number of hydrogen-bond donors (Lipinski definition) is 1. The fourth-order valence-corrected chi connectivity index (χ4v) is 8.45. The van der Waals surface area contributed by atoms with Crippen LogP contribution >= 0.6 is 0 Å². The molecule has 27 heavy (non-hydrogen) atoms. The lowest BCUT2D eigenvalue weighted by atomic mass is 9.44. The molecule has 4 saturated carbocycles. The molecule has 0 aromatic rings. The van der Waals surface area contributed by atoms with E-state index in [9.17, 15) is 9.90 Å². The Balaban J connectivity index is 1.42. The lowest BCUT2D eigenvalue weighted by Gasteiger charge is -2.62. The van der Waals surface area contributed by atoms with E-state index in [0.29, 0.717) is 24.7 Å². The summed E-state index contributed by atoms with van der Waals surface area (Å²) in [4.78, 5) is 12.0. The van der Waals surface area contributed by atoms with Gasteiger partial charge in [0.1, 0.15) is 5.60 Å². The van der Waals surface area contributed by atoms with Crippen molar-refractivity contribution in [2.45, 2.75) is 89.9 Å². The number of fused-ring (bicyclic) bond motifs is 6. The molecule has 4 heteroatoms. The van der Waals surface area contributed by atoms with Crippen LogP contribution in [0.5, 0.6) is 0 Å². The minimum Gasteiger partial charge on any atom is -0.382 e. The van der Waals surface area contributed by atoms with Gasteiger partial charge in [-0.3, -0.25) is 4.79 Å². The largest absolute Gasteiger partial charge is 0.382 e. The zero-order valence-electron chi connectivity index (χ0n) is 17.3. The normalized spacial score (nSPS) is 53.6. The minimum absolute atomic E-state index is 0.0313. The summed E-state index contributed by atoms with van der Waals surface area (Å²) in [6, 6.07) is 0. The highest BCUT2D eigenvalue weighted by molar-refractivity contribution is 5.84. The van der Waals surface area contributed by atoms with Crippen LogP contribution in [0.15, 0.2) is 0 Å². The molecule has 0 amide bonds. The molecular weight excluding hydrogens is 340 g/mol. The quantitative estimate of drug-likeness (QED) is 0.749. The average Bonchev–Trinajstić information content (AvgIpc) is 3.22. The molecule has 1 spiro atoms. The van der Waals surface area contributed by atoms with Crippen molar-refractivity contribution in [2.75, 3.05) is 13.2 Å². The topological polar surface area (TPSA) is 55.8 Å². The van der Waals surface area contributed by atoms with Crippen LogP contribution in [0.1, 0.15) is 78.6 Å². The van der Waals surface area contributed by atoms with E-state index in [0.717, 1.165) is 44.3 Å². The summed E-state index contributed by atoms with van der Waals surface area (Å²) in [5.41, 5.74) is -0.634.